The van der Waals surface area contributed by atoms with Gasteiger partial charge in [-0.2, -0.15) is 0 Å². The number of aliphatic hydroxyl groups excluding tert-OH is 1. The highest BCUT2D eigenvalue weighted by Gasteiger charge is 2.56. The Labute approximate surface area is 141 Å². The first-order chi connectivity index (χ1) is 11.5. The van der Waals surface area contributed by atoms with E-state index in [1.807, 2.05) is 6.92 Å². The number of halogens is 1. The summed E-state index contributed by atoms with van der Waals surface area (Å²) < 4.78 is 18.6. The molecular formula is C19H24FNO3. The average Bonchev–Trinajstić information content (AvgIpc) is 2.61. The van der Waals surface area contributed by atoms with Gasteiger partial charge in [0, 0.05) is 37.6 Å². The zero-order valence-electron chi connectivity index (χ0n) is 14.0. The highest BCUT2D eigenvalue weighted by Crippen LogP contribution is 2.50. The van der Waals surface area contributed by atoms with E-state index >= 15 is 0 Å². The Morgan fingerprint density at radius 2 is 2.04 bits per heavy atom. The van der Waals surface area contributed by atoms with Crippen molar-refractivity contribution in [3.8, 4) is 0 Å². The van der Waals surface area contributed by atoms with Gasteiger partial charge in [-0.1, -0.05) is 12.1 Å². The fourth-order valence-corrected chi connectivity index (χ4v) is 3.81. The van der Waals surface area contributed by atoms with Crippen LogP contribution in [0, 0.1) is 11.2 Å². The number of benzene rings is 1. The molecule has 5 heteroatoms. The second-order valence-corrected chi connectivity index (χ2v) is 6.64. The lowest BCUT2D eigenvalue weighted by Gasteiger charge is -2.56. The van der Waals surface area contributed by atoms with Crippen LogP contribution in [0.2, 0.25) is 0 Å². The molecule has 2 atom stereocenters. The van der Waals surface area contributed by atoms with Gasteiger partial charge in [0.25, 0.3) is 0 Å². The summed E-state index contributed by atoms with van der Waals surface area (Å²) in [5.74, 6) is -0.335. The van der Waals surface area contributed by atoms with E-state index in [2.05, 4.69) is 0 Å². The molecule has 24 heavy (non-hydrogen) atoms. The van der Waals surface area contributed by atoms with Crippen molar-refractivity contribution >= 4 is 12.0 Å². The molecule has 2 unspecified atom stereocenters. The Balaban J connectivity index is 1.56. The van der Waals surface area contributed by atoms with E-state index in [4.69, 9.17) is 4.74 Å². The third kappa shape index (κ3) is 3.23. The van der Waals surface area contributed by atoms with E-state index in [1.165, 1.54) is 18.2 Å². The van der Waals surface area contributed by atoms with Crippen molar-refractivity contribution in [1.29, 1.82) is 0 Å². The van der Waals surface area contributed by atoms with Gasteiger partial charge in [-0.05, 0) is 43.5 Å². The molecule has 0 aromatic heterocycles. The maximum atomic E-state index is 12.9. The SMILES string of the molecule is CCOC1CC(O)C12CCN(C(=O)/C=C/c1ccc(F)cc1)CC2. The molecule has 130 valence electrons. The number of hydrogen-bond acceptors (Lipinski definition) is 3. The van der Waals surface area contributed by atoms with Crippen molar-refractivity contribution in [2.24, 2.45) is 5.41 Å². The number of nitrogens with zero attached hydrogens (tertiary/aromatic N) is 1. The molecule has 1 aliphatic heterocycles. The first-order valence-electron chi connectivity index (χ1n) is 8.57. The summed E-state index contributed by atoms with van der Waals surface area (Å²) in [4.78, 5) is 14.1. The summed E-state index contributed by atoms with van der Waals surface area (Å²) in [5.41, 5.74) is 0.622. The first kappa shape index (κ1) is 17.1. The molecule has 2 aliphatic rings. The van der Waals surface area contributed by atoms with Crippen LogP contribution in [-0.2, 0) is 9.53 Å². The van der Waals surface area contributed by atoms with Crippen LogP contribution in [0.15, 0.2) is 30.3 Å². The number of likely N-dealkylation sites (tertiary alicyclic amines) is 1. The molecule has 0 radical (unpaired) electrons. The smallest absolute Gasteiger partial charge is 0.246 e. The summed E-state index contributed by atoms with van der Waals surface area (Å²) in [6, 6.07) is 6.03. The van der Waals surface area contributed by atoms with E-state index in [9.17, 15) is 14.3 Å². The molecule has 1 N–H and O–H groups in total. The lowest BCUT2D eigenvalue weighted by Crippen LogP contribution is -2.62. The molecule has 1 amide bonds. The van der Waals surface area contributed by atoms with Crippen molar-refractivity contribution in [3.05, 3.63) is 41.7 Å². The lowest BCUT2D eigenvalue weighted by atomic mass is 9.58. The maximum absolute atomic E-state index is 12.9. The molecule has 1 saturated carbocycles. The van der Waals surface area contributed by atoms with Gasteiger partial charge in [0.2, 0.25) is 5.91 Å². The van der Waals surface area contributed by atoms with Crippen LogP contribution >= 0.6 is 0 Å². The number of aliphatic hydroxyl groups is 1. The number of carbonyl (C=O) groups is 1. The molecule has 1 aromatic carbocycles. The second-order valence-electron chi connectivity index (χ2n) is 6.64. The van der Waals surface area contributed by atoms with Crippen LogP contribution in [0.25, 0.3) is 6.08 Å². The van der Waals surface area contributed by atoms with Crippen LogP contribution in [0.1, 0.15) is 31.7 Å². The van der Waals surface area contributed by atoms with Gasteiger partial charge in [0.1, 0.15) is 5.82 Å². The van der Waals surface area contributed by atoms with Crippen LogP contribution < -0.4 is 0 Å². The van der Waals surface area contributed by atoms with Crippen LogP contribution in [0.5, 0.6) is 0 Å². The predicted octanol–water partition coefficient (Wildman–Crippen LogP) is 2.62. The monoisotopic (exact) mass is 333 g/mol. The second kappa shape index (κ2) is 7.03. The summed E-state index contributed by atoms with van der Waals surface area (Å²) in [6.07, 6.45) is 5.27. The van der Waals surface area contributed by atoms with E-state index in [-0.39, 0.29) is 29.3 Å². The van der Waals surface area contributed by atoms with Gasteiger partial charge in [0.15, 0.2) is 0 Å². The van der Waals surface area contributed by atoms with Gasteiger partial charge < -0.3 is 14.7 Å². The number of amides is 1. The summed E-state index contributed by atoms with van der Waals surface area (Å²) >= 11 is 0. The zero-order chi connectivity index (χ0) is 17.2. The normalized spacial score (nSPS) is 25.9. The minimum atomic E-state index is -0.318. The molecule has 1 heterocycles. The zero-order valence-corrected chi connectivity index (χ0v) is 14.0. The van der Waals surface area contributed by atoms with Crippen molar-refractivity contribution in [2.45, 2.75) is 38.4 Å². The summed E-state index contributed by atoms with van der Waals surface area (Å²) in [6.45, 7) is 3.89. The number of carbonyl (C=O) groups excluding carboxylic acids is 1. The molecular weight excluding hydrogens is 309 g/mol. The first-order valence-corrected chi connectivity index (χ1v) is 8.57. The fourth-order valence-electron chi connectivity index (χ4n) is 3.81. The van der Waals surface area contributed by atoms with E-state index in [0.29, 0.717) is 26.1 Å². The van der Waals surface area contributed by atoms with Gasteiger partial charge in [-0.15, -0.1) is 0 Å². The molecule has 4 nitrogen and oxygen atoms in total. The van der Waals surface area contributed by atoms with Gasteiger partial charge in [0.05, 0.1) is 12.2 Å². The Hall–Kier alpha value is -1.72. The van der Waals surface area contributed by atoms with Crippen molar-refractivity contribution < 1.29 is 19.0 Å². The maximum Gasteiger partial charge on any atom is 0.246 e. The lowest BCUT2D eigenvalue weighted by molar-refractivity contribution is -0.209. The summed E-state index contributed by atoms with van der Waals surface area (Å²) in [7, 11) is 0. The van der Waals surface area contributed by atoms with Gasteiger partial charge >= 0.3 is 0 Å². The number of hydrogen-bond donors (Lipinski definition) is 1. The summed E-state index contributed by atoms with van der Waals surface area (Å²) in [5, 5.41) is 10.2. The largest absolute Gasteiger partial charge is 0.392 e. The highest BCUT2D eigenvalue weighted by atomic mass is 19.1. The average molecular weight is 333 g/mol. The Bertz CT molecular complexity index is 604. The van der Waals surface area contributed by atoms with Crippen LogP contribution in [0.4, 0.5) is 4.39 Å². The molecule has 1 aliphatic carbocycles. The van der Waals surface area contributed by atoms with E-state index in [0.717, 1.165) is 18.4 Å². The molecule has 2 fully saturated rings. The molecule has 1 aromatic rings. The Morgan fingerprint density at radius 1 is 1.38 bits per heavy atom. The molecule has 3 rings (SSSR count). The standard InChI is InChI=1S/C19H24FNO3/c1-2-24-17-13-16(22)19(17)9-11-21(12-10-19)18(23)8-5-14-3-6-15(20)7-4-14/h3-8,16-17,22H,2,9-13H2,1H3/b8-5+. The van der Waals surface area contributed by atoms with E-state index < -0.39 is 0 Å². The Kier molecular flexibility index (Phi) is 5.01. The number of piperidine rings is 1. The molecule has 1 saturated heterocycles. The number of ether oxygens (including phenoxy) is 1. The van der Waals surface area contributed by atoms with Crippen molar-refractivity contribution in [3.63, 3.8) is 0 Å². The minimum Gasteiger partial charge on any atom is -0.392 e. The molecule has 0 bridgehead atoms. The van der Waals surface area contributed by atoms with Crippen LogP contribution in [0.3, 0.4) is 0 Å². The highest BCUT2D eigenvalue weighted by molar-refractivity contribution is 5.91. The minimum absolute atomic E-state index is 0.0454. The van der Waals surface area contributed by atoms with Crippen molar-refractivity contribution in [1.82, 2.24) is 4.90 Å². The fraction of sp³-hybridized carbons (Fsp3) is 0.526. The number of rotatable bonds is 4. The van der Waals surface area contributed by atoms with Crippen molar-refractivity contribution in [2.75, 3.05) is 19.7 Å². The topological polar surface area (TPSA) is 49.8 Å². The third-order valence-electron chi connectivity index (χ3n) is 5.40. The predicted molar refractivity (Wildman–Crippen MR) is 89.7 cm³/mol. The van der Waals surface area contributed by atoms with Gasteiger partial charge in [-0.3, -0.25) is 4.79 Å². The van der Waals surface area contributed by atoms with E-state index in [1.54, 1.807) is 23.1 Å². The van der Waals surface area contributed by atoms with Gasteiger partial charge in [-0.25, -0.2) is 4.39 Å². The van der Waals surface area contributed by atoms with Crippen LogP contribution in [-0.4, -0.2) is 47.8 Å². The quantitative estimate of drug-likeness (QED) is 0.862. The Morgan fingerprint density at radius 3 is 2.62 bits per heavy atom. The molecule has 1 spiro atoms. The third-order valence-corrected chi connectivity index (χ3v) is 5.40.